The van der Waals surface area contributed by atoms with Crippen molar-refractivity contribution in [2.24, 2.45) is 0 Å². The molecule has 0 N–H and O–H groups in total. The fourth-order valence-electron chi connectivity index (χ4n) is 3.68. The van der Waals surface area contributed by atoms with Crippen LogP contribution < -0.4 is 5.56 Å². The Bertz CT molecular complexity index is 1240. The largest absolute Gasteiger partial charge is 0.288 e. The second kappa shape index (κ2) is 9.00. The molecule has 0 bridgehead atoms. The Morgan fingerprint density at radius 1 is 1.03 bits per heavy atom. The zero-order chi connectivity index (χ0) is 21.1. The Labute approximate surface area is 180 Å². The van der Waals surface area contributed by atoms with Crippen molar-refractivity contribution in [2.45, 2.75) is 63.9 Å². The van der Waals surface area contributed by atoms with Gasteiger partial charge in [0.1, 0.15) is 0 Å². The van der Waals surface area contributed by atoms with Crippen LogP contribution in [0.5, 0.6) is 0 Å². The van der Waals surface area contributed by atoms with Gasteiger partial charge in [0.2, 0.25) is 5.78 Å². The molecule has 0 unspecified atom stereocenters. The lowest BCUT2D eigenvalue weighted by Crippen LogP contribution is -2.23. The molecule has 156 valence electrons. The first kappa shape index (κ1) is 20.6. The molecule has 0 aliphatic carbocycles. The van der Waals surface area contributed by atoms with Crippen LogP contribution in [0.3, 0.4) is 0 Å². The molecular formula is C23H27N5OS. The summed E-state index contributed by atoms with van der Waals surface area (Å²) in [5.74, 6) is 1.35. The average molecular weight is 422 g/mol. The van der Waals surface area contributed by atoms with Crippen molar-refractivity contribution in [1.29, 1.82) is 0 Å². The first-order valence-corrected chi connectivity index (χ1v) is 11.5. The molecule has 0 atom stereocenters. The van der Waals surface area contributed by atoms with Crippen LogP contribution in [0.15, 0.2) is 46.5 Å². The molecule has 0 fully saturated rings. The number of para-hydroxylation sites is 1. The highest BCUT2D eigenvalue weighted by Crippen LogP contribution is 2.23. The van der Waals surface area contributed by atoms with Gasteiger partial charge in [-0.2, -0.15) is 0 Å². The lowest BCUT2D eigenvalue weighted by atomic mass is 10.2. The van der Waals surface area contributed by atoms with Gasteiger partial charge >= 0.3 is 0 Å². The summed E-state index contributed by atoms with van der Waals surface area (Å²) in [6.07, 6.45) is 6.49. The van der Waals surface area contributed by atoms with Gasteiger partial charge in [0.15, 0.2) is 5.16 Å². The van der Waals surface area contributed by atoms with Gasteiger partial charge in [-0.25, -0.2) is 15.0 Å². The Morgan fingerprint density at radius 3 is 2.70 bits per heavy atom. The van der Waals surface area contributed by atoms with Crippen molar-refractivity contribution >= 4 is 28.4 Å². The number of fused-ring (bicyclic) bond motifs is 2. The van der Waals surface area contributed by atoms with E-state index in [4.69, 9.17) is 4.98 Å². The maximum Gasteiger partial charge on any atom is 0.262 e. The number of unbranched alkanes of at least 4 members (excludes halogenated alkanes) is 3. The van der Waals surface area contributed by atoms with Crippen LogP contribution in [-0.2, 0) is 12.3 Å². The topological polar surface area (TPSA) is 65.1 Å². The molecule has 3 heterocycles. The predicted octanol–water partition coefficient (Wildman–Crippen LogP) is 4.93. The first-order valence-electron chi connectivity index (χ1n) is 10.5. The van der Waals surface area contributed by atoms with Crippen LogP contribution in [-0.4, -0.2) is 23.9 Å². The number of imidazole rings is 1. The minimum Gasteiger partial charge on any atom is -0.288 e. The highest BCUT2D eigenvalue weighted by Gasteiger charge is 2.13. The minimum absolute atomic E-state index is 0.0442. The van der Waals surface area contributed by atoms with E-state index in [9.17, 15) is 4.79 Å². The van der Waals surface area contributed by atoms with Gasteiger partial charge in [-0.1, -0.05) is 50.1 Å². The summed E-state index contributed by atoms with van der Waals surface area (Å²) in [6, 6.07) is 9.63. The summed E-state index contributed by atoms with van der Waals surface area (Å²) in [5, 5.41) is 1.44. The quantitative estimate of drug-likeness (QED) is 0.229. The predicted molar refractivity (Wildman–Crippen MR) is 122 cm³/mol. The van der Waals surface area contributed by atoms with Gasteiger partial charge in [0.25, 0.3) is 5.56 Å². The number of aryl methyl sites for hydroxylation is 2. The van der Waals surface area contributed by atoms with E-state index in [1.165, 1.54) is 12.8 Å². The standard InChI is InChI=1S/C23H27N5OS/c1-4-5-6-9-12-27-21(29)19-10-7-8-11-20(19)26-23(27)30-15-18-14-28-17(3)13-16(2)24-22(28)25-18/h7-8,10-11,13-14H,4-6,9,12,15H2,1-3H3. The van der Waals surface area contributed by atoms with Crippen molar-refractivity contribution in [3.8, 4) is 0 Å². The highest BCUT2D eigenvalue weighted by atomic mass is 32.2. The molecule has 6 nitrogen and oxygen atoms in total. The fourth-order valence-corrected chi connectivity index (χ4v) is 4.59. The number of rotatable bonds is 8. The van der Waals surface area contributed by atoms with Gasteiger partial charge in [-0.15, -0.1) is 0 Å². The van der Waals surface area contributed by atoms with Crippen LogP contribution in [0.4, 0.5) is 0 Å². The second-order valence-corrected chi connectivity index (χ2v) is 8.60. The second-order valence-electron chi connectivity index (χ2n) is 7.66. The molecule has 30 heavy (non-hydrogen) atoms. The monoisotopic (exact) mass is 421 g/mol. The molecule has 4 aromatic rings. The van der Waals surface area contributed by atoms with Crippen molar-refractivity contribution in [3.05, 3.63) is 64.0 Å². The van der Waals surface area contributed by atoms with Crippen LogP contribution in [0, 0.1) is 13.8 Å². The van der Waals surface area contributed by atoms with Gasteiger partial charge in [0.05, 0.1) is 16.6 Å². The van der Waals surface area contributed by atoms with E-state index in [0.29, 0.717) is 23.5 Å². The first-order chi connectivity index (χ1) is 14.6. The molecule has 3 aromatic heterocycles. The fraction of sp³-hybridized carbons (Fsp3) is 0.391. The SMILES string of the molecule is CCCCCCn1c(SCc2cn3c(C)cc(C)nc3n2)nc2ccccc2c1=O. The normalized spacial score (nSPS) is 11.6. The van der Waals surface area contributed by atoms with Crippen molar-refractivity contribution in [2.75, 3.05) is 0 Å². The van der Waals surface area contributed by atoms with Crippen molar-refractivity contribution in [1.82, 2.24) is 23.9 Å². The summed E-state index contributed by atoms with van der Waals surface area (Å²) in [5.41, 5.74) is 3.79. The summed E-state index contributed by atoms with van der Waals surface area (Å²) in [4.78, 5) is 27.1. The van der Waals surface area contributed by atoms with E-state index >= 15 is 0 Å². The lowest BCUT2D eigenvalue weighted by molar-refractivity contribution is 0.531. The van der Waals surface area contributed by atoms with E-state index in [2.05, 4.69) is 23.8 Å². The molecule has 0 amide bonds. The molecule has 0 saturated heterocycles. The lowest BCUT2D eigenvalue weighted by Gasteiger charge is -2.12. The van der Waals surface area contributed by atoms with Gasteiger partial charge in [-0.05, 0) is 38.5 Å². The van der Waals surface area contributed by atoms with Crippen LogP contribution >= 0.6 is 11.8 Å². The van der Waals surface area contributed by atoms with E-state index in [1.807, 2.05) is 52.4 Å². The van der Waals surface area contributed by atoms with Gasteiger partial charge < -0.3 is 0 Å². The number of hydrogen-bond acceptors (Lipinski definition) is 5. The van der Waals surface area contributed by atoms with E-state index in [1.54, 1.807) is 11.8 Å². The number of nitrogens with zero attached hydrogens (tertiary/aromatic N) is 5. The summed E-state index contributed by atoms with van der Waals surface area (Å²) in [7, 11) is 0. The third-order valence-corrected chi connectivity index (χ3v) is 6.23. The van der Waals surface area contributed by atoms with Crippen molar-refractivity contribution in [3.63, 3.8) is 0 Å². The highest BCUT2D eigenvalue weighted by molar-refractivity contribution is 7.98. The molecular weight excluding hydrogens is 394 g/mol. The number of thioether (sulfide) groups is 1. The molecule has 0 radical (unpaired) electrons. The van der Waals surface area contributed by atoms with Gasteiger partial charge in [-0.3, -0.25) is 13.8 Å². The molecule has 0 aliphatic rings. The molecule has 0 saturated carbocycles. The molecule has 0 spiro atoms. The van der Waals surface area contributed by atoms with E-state index in [0.717, 1.165) is 40.6 Å². The molecule has 7 heteroatoms. The Hall–Kier alpha value is -2.67. The van der Waals surface area contributed by atoms with Gasteiger partial charge in [0, 0.05) is 29.9 Å². The Balaban J connectivity index is 1.63. The van der Waals surface area contributed by atoms with Crippen LogP contribution in [0.1, 0.15) is 49.7 Å². The molecule has 1 aromatic carbocycles. The average Bonchev–Trinajstić information content (AvgIpc) is 3.14. The zero-order valence-corrected chi connectivity index (χ0v) is 18.6. The Kier molecular flexibility index (Phi) is 6.18. The van der Waals surface area contributed by atoms with Crippen molar-refractivity contribution < 1.29 is 0 Å². The maximum absolute atomic E-state index is 13.1. The van der Waals surface area contributed by atoms with Crippen LogP contribution in [0.2, 0.25) is 0 Å². The number of hydrogen-bond donors (Lipinski definition) is 0. The van der Waals surface area contributed by atoms with E-state index < -0.39 is 0 Å². The molecule has 0 aliphatic heterocycles. The zero-order valence-electron chi connectivity index (χ0n) is 17.8. The minimum atomic E-state index is 0.0442. The Morgan fingerprint density at radius 2 is 1.87 bits per heavy atom. The third kappa shape index (κ3) is 4.26. The summed E-state index contributed by atoms with van der Waals surface area (Å²) < 4.78 is 3.85. The number of benzene rings is 1. The maximum atomic E-state index is 13.1. The summed E-state index contributed by atoms with van der Waals surface area (Å²) >= 11 is 1.57. The smallest absolute Gasteiger partial charge is 0.262 e. The van der Waals surface area contributed by atoms with E-state index in [-0.39, 0.29) is 5.56 Å². The number of aromatic nitrogens is 5. The summed E-state index contributed by atoms with van der Waals surface area (Å²) in [6.45, 7) is 6.92. The molecule has 4 rings (SSSR count). The van der Waals surface area contributed by atoms with Crippen LogP contribution in [0.25, 0.3) is 16.7 Å². The third-order valence-electron chi connectivity index (χ3n) is 5.22.